The lowest BCUT2D eigenvalue weighted by molar-refractivity contribution is -0.146. The van der Waals surface area contributed by atoms with E-state index in [4.69, 9.17) is 18.6 Å². The molecule has 1 heterocycles. The van der Waals surface area contributed by atoms with Crippen LogP contribution in [0.2, 0.25) is 0 Å². The number of ether oxygens (including phenoxy) is 3. The van der Waals surface area contributed by atoms with Gasteiger partial charge in [-0.1, -0.05) is 0 Å². The molecule has 0 radical (unpaired) electrons. The molecule has 1 N–H and O–H groups in total. The minimum absolute atomic E-state index is 0.00318. The standard InChI is InChI=1S/C15H19NO7/c1-4-20-13(17)10(14(18)21-5-2)9-16-12-8-7-11(23-12)15(19)22-6-3/h7-9,16H,4-6H2,1-3H3. The van der Waals surface area contributed by atoms with Gasteiger partial charge >= 0.3 is 17.9 Å². The molecule has 0 fully saturated rings. The van der Waals surface area contributed by atoms with Gasteiger partial charge in [-0.25, -0.2) is 14.4 Å². The van der Waals surface area contributed by atoms with Gasteiger partial charge in [-0.2, -0.15) is 0 Å². The fourth-order valence-electron chi connectivity index (χ4n) is 1.49. The van der Waals surface area contributed by atoms with E-state index in [-0.39, 0.29) is 37.0 Å². The van der Waals surface area contributed by atoms with Crippen molar-refractivity contribution in [2.24, 2.45) is 0 Å². The molecule has 0 atom stereocenters. The van der Waals surface area contributed by atoms with E-state index in [0.29, 0.717) is 0 Å². The Hall–Kier alpha value is -2.77. The lowest BCUT2D eigenvalue weighted by Gasteiger charge is -2.06. The quantitative estimate of drug-likeness (QED) is 0.254. The van der Waals surface area contributed by atoms with Crippen LogP contribution >= 0.6 is 0 Å². The summed E-state index contributed by atoms with van der Waals surface area (Å²) in [5.41, 5.74) is -0.317. The summed E-state index contributed by atoms with van der Waals surface area (Å²) >= 11 is 0. The molecule has 0 aliphatic heterocycles. The number of hydrogen-bond donors (Lipinski definition) is 1. The smallest absolute Gasteiger partial charge is 0.374 e. The number of nitrogens with one attached hydrogen (secondary N) is 1. The molecule has 23 heavy (non-hydrogen) atoms. The third kappa shape index (κ3) is 5.50. The van der Waals surface area contributed by atoms with Crippen molar-refractivity contribution in [1.82, 2.24) is 0 Å². The highest BCUT2D eigenvalue weighted by atomic mass is 16.6. The van der Waals surface area contributed by atoms with Crippen LogP contribution in [0.1, 0.15) is 31.3 Å². The number of hydrogen-bond acceptors (Lipinski definition) is 8. The van der Waals surface area contributed by atoms with Crippen molar-refractivity contribution in [1.29, 1.82) is 0 Å². The second kappa shape index (κ2) is 9.29. The monoisotopic (exact) mass is 325 g/mol. The second-order valence-electron chi connectivity index (χ2n) is 4.03. The molecule has 8 heteroatoms. The fraction of sp³-hybridized carbons (Fsp3) is 0.400. The Morgan fingerprint density at radius 2 is 1.57 bits per heavy atom. The van der Waals surface area contributed by atoms with E-state index in [9.17, 15) is 14.4 Å². The summed E-state index contributed by atoms with van der Waals surface area (Å²) in [6.07, 6.45) is 1.10. The number of carbonyl (C=O) groups excluding carboxylic acids is 3. The van der Waals surface area contributed by atoms with Gasteiger partial charge in [-0.05, 0) is 26.8 Å². The topological polar surface area (TPSA) is 104 Å². The number of furan rings is 1. The Bertz CT molecular complexity index is 568. The minimum Gasteiger partial charge on any atom is -0.462 e. The van der Waals surface area contributed by atoms with Crippen molar-refractivity contribution in [3.8, 4) is 0 Å². The molecule has 0 aliphatic rings. The van der Waals surface area contributed by atoms with Gasteiger partial charge in [0.2, 0.25) is 5.76 Å². The van der Waals surface area contributed by atoms with Crippen LogP contribution in [0.3, 0.4) is 0 Å². The van der Waals surface area contributed by atoms with E-state index in [0.717, 1.165) is 6.20 Å². The SMILES string of the molecule is CCOC(=O)C(=CNc1ccc(C(=O)OCC)o1)C(=O)OCC. The highest BCUT2D eigenvalue weighted by Crippen LogP contribution is 2.15. The van der Waals surface area contributed by atoms with E-state index in [2.05, 4.69) is 5.32 Å². The molecule has 8 nitrogen and oxygen atoms in total. The Labute approximate surface area is 133 Å². The molecule has 0 saturated carbocycles. The van der Waals surface area contributed by atoms with Crippen molar-refractivity contribution in [2.75, 3.05) is 25.1 Å². The van der Waals surface area contributed by atoms with E-state index in [1.54, 1.807) is 20.8 Å². The third-order valence-corrected chi connectivity index (χ3v) is 2.43. The van der Waals surface area contributed by atoms with E-state index >= 15 is 0 Å². The zero-order valence-corrected chi connectivity index (χ0v) is 13.2. The summed E-state index contributed by atoms with van der Waals surface area (Å²) in [4.78, 5) is 35.0. The lowest BCUT2D eigenvalue weighted by Crippen LogP contribution is -2.19. The largest absolute Gasteiger partial charge is 0.462 e. The van der Waals surface area contributed by atoms with Gasteiger partial charge in [0.25, 0.3) is 0 Å². The number of carbonyl (C=O) groups is 3. The summed E-state index contributed by atoms with van der Waals surface area (Å²) in [7, 11) is 0. The maximum absolute atomic E-state index is 11.7. The predicted molar refractivity (Wildman–Crippen MR) is 79.6 cm³/mol. The molecule has 1 aromatic rings. The molecule has 0 bridgehead atoms. The molecular formula is C15H19NO7. The summed E-state index contributed by atoms with van der Waals surface area (Å²) in [6.45, 7) is 5.36. The summed E-state index contributed by atoms with van der Waals surface area (Å²) in [5, 5.41) is 2.60. The number of esters is 3. The van der Waals surface area contributed by atoms with Crippen molar-refractivity contribution in [3.63, 3.8) is 0 Å². The highest BCUT2D eigenvalue weighted by molar-refractivity contribution is 6.14. The first-order chi connectivity index (χ1) is 11.0. The van der Waals surface area contributed by atoms with Gasteiger partial charge in [-0.3, -0.25) is 0 Å². The Morgan fingerprint density at radius 1 is 1.00 bits per heavy atom. The molecular weight excluding hydrogens is 306 g/mol. The summed E-state index contributed by atoms with van der Waals surface area (Å²) in [5.74, 6) is -2.11. The van der Waals surface area contributed by atoms with Crippen LogP contribution < -0.4 is 5.32 Å². The van der Waals surface area contributed by atoms with Gasteiger partial charge in [-0.15, -0.1) is 0 Å². The third-order valence-electron chi connectivity index (χ3n) is 2.43. The van der Waals surface area contributed by atoms with Crippen molar-refractivity contribution in [3.05, 3.63) is 29.7 Å². The summed E-state index contributed by atoms with van der Waals surface area (Å²) < 4.78 is 19.5. The van der Waals surface area contributed by atoms with Crippen LogP contribution in [-0.4, -0.2) is 37.7 Å². The van der Waals surface area contributed by atoms with Crippen LogP contribution in [0, 0.1) is 0 Å². The Kier molecular flexibility index (Phi) is 7.38. The van der Waals surface area contributed by atoms with Crippen molar-refractivity contribution in [2.45, 2.75) is 20.8 Å². The van der Waals surface area contributed by atoms with E-state index < -0.39 is 17.9 Å². The molecule has 1 aromatic heterocycles. The van der Waals surface area contributed by atoms with Gasteiger partial charge in [0.05, 0.1) is 19.8 Å². The normalized spacial score (nSPS) is 9.70. The second-order valence-corrected chi connectivity index (χ2v) is 4.03. The Balaban J connectivity index is 2.85. The molecule has 126 valence electrons. The van der Waals surface area contributed by atoms with Crippen LogP contribution in [0.15, 0.2) is 28.3 Å². The van der Waals surface area contributed by atoms with Crippen LogP contribution in [0.5, 0.6) is 0 Å². The average molecular weight is 325 g/mol. The zero-order chi connectivity index (χ0) is 17.2. The lowest BCUT2D eigenvalue weighted by atomic mass is 10.3. The van der Waals surface area contributed by atoms with Gasteiger partial charge in [0.1, 0.15) is 0 Å². The molecule has 0 saturated heterocycles. The Morgan fingerprint density at radius 3 is 2.09 bits per heavy atom. The minimum atomic E-state index is -0.823. The summed E-state index contributed by atoms with van der Waals surface area (Å²) in [6, 6.07) is 2.86. The van der Waals surface area contributed by atoms with Crippen LogP contribution in [-0.2, 0) is 23.8 Å². The molecule has 0 aliphatic carbocycles. The average Bonchev–Trinajstić information content (AvgIpc) is 2.97. The van der Waals surface area contributed by atoms with Crippen molar-refractivity contribution >= 4 is 23.8 Å². The number of anilines is 1. The maximum Gasteiger partial charge on any atom is 0.374 e. The first-order valence-corrected chi connectivity index (χ1v) is 7.11. The van der Waals surface area contributed by atoms with Crippen LogP contribution in [0.25, 0.3) is 0 Å². The fourth-order valence-corrected chi connectivity index (χ4v) is 1.49. The first-order valence-electron chi connectivity index (χ1n) is 7.11. The van der Waals surface area contributed by atoms with Crippen LogP contribution in [0.4, 0.5) is 5.88 Å². The first kappa shape index (κ1) is 18.3. The molecule has 0 spiro atoms. The van der Waals surface area contributed by atoms with Gasteiger partial charge < -0.3 is 23.9 Å². The predicted octanol–water partition coefficient (Wildman–Crippen LogP) is 1.88. The molecule has 0 aromatic carbocycles. The molecule has 0 unspecified atom stereocenters. The number of rotatable bonds is 8. The van der Waals surface area contributed by atoms with E-state index in [1.165, 1.54) is 12.1 Å². The van der Waals surface area contributed by atoms with Gasteiger partial charge in [0, 0.05) is 12.3 Å². The maximum atomic E-state index is 11.7. The molecule has 0 amide bonds. The van der Waals surface area contributed by atoms with E-state index in [1.807, 2.05) is 0 Å². The van der Waals surface area contributed by atoms with Gasteiger partial charge in [0.15, 0.2) is 11.5 Å². The zero-order valence-electron chi connectivity index (χ0n) is 13.2. The molecule has 1 rings (SSSR count). The highest BCUT2D eigenvalue weighted by Gasteiger charge is 2.21. The van der Waals surface area contributed by atoms with Crippen molar-refractivity contribution < 1.29 is 33.0 Å².